The summed E-state index contributed by atoms with van der Waals surface area (Å²) in [6.45, 7) is 1.99. The van der Waals surface area contributed by atoms with Gasteiger partial charge in [-0.05, 0) is 35.3 Å². The molecule has 110 valence electrons. The monoisotopic (exact) mass is 344 g/mol. The number of rotatable bonds is 2. The number of nitrogens with one attached hydrogen (secondary N) is 2. The number of hydrogen-bond donors (Lipinski definition) is 2. The fourth-order valence-corrected chi connectivity index (χ4v) is 1.93. The molecule has 1 aliphatic rings. The highest BCUT2D eigenvalue weighted by Gasteiger charge is 2.05. The minimum Gasteiger partial charge on any atom is -0.375 e. The highest BCUT2D eigenvalue weighted by molar-refractivity contribution is 6.33. The first-order valence-electron chi connectivity index (χ1n) is 5.95. The van der Waals surface area contributed by atoms with Crippen molar-refractivity contribution in [1.82, 2.24) is 20.3 Å². The van der Waals surface area contributed by atoms with E-state index in [-0.39, 0.29) is 16.5 Å². The van der Waals surface area contributed by atoms with Crippen LogP contribution in [0.2, 0.25) is 15.6 Å². The molecule has 0 bridgehead atoms. The highest BCUT2D eigenvalue weighted by atomic mass is 35.5. The number of benzene rings is 1. The molecule has 0 amide bonds. The van der Waals surface area contributed by atoms with Crippen LogP contribution >= 0.6 is 34.8 Å². The fourth-order valence-electron chi connectivity index (χ4n) is 1.39. The van der Waals surface area contributed by atoms with Gasteiger partial charge in [-0.15, -0.1) is 0 Å². The van der Waals surface area contributed by atoms with Crippen molar-refractivity contribution < 1.29 is 0 Å². The van der Waals surface area contributed by atoms with Crippen LogP contribution in [0.3, 0.4) is 0 Å². The van der Waals surface area contributed by atoms with Crippen LogP contribution in [0.1, 0.15) is 0 Å². The lowest BCUT2D eigenvalue weighted by Gasteiger charge is -2.06. The molecule has 9 heteroatoms. The molecule has 0 unspecified atom stereocenters. The Hall–Kier alpha value is -1.63. The van der Waals surface area contributed by atoms with Gasteiger partial charge in [0.15, 0.2) is 0 Å². The first-order chi connectivity index (χ1) is 10.1. The Morgan fingerprint density at radius 1 is 1.00 bits per heavy atom. The molecule has 3 rings (SSSR count). The van der Waals surface area contributed by atoms with Gasteiger partial charge in [0.05, 0.1) is 23.6 Å². The van der Waals surface area contributed by atoms with Crippen molar-refractivity contribution in [2.75, 3.05) is 18.4 Å². The van der Waals surface area contributed by atoms with Crippen LogP contribution in [0.4, 0.5) is 11.6 Å². The number of hydrogen-bond acceptors (Lipinski definition) is 6. The van der Waals surface area contributed by atoms with Crippen molar-refractivity contribution in [1.29, 1.82) is 0 Å². The van der Waals surface area contributed by atoms with E-state index < -0.39 is 0 Å². The maximum atomic E-state index is 5.95. The van der Waals surface area contributed by atoms with E-state index in [4.69, 9.17) is 34.8 Å². The van der Waals surface area contributed by atoms with Crippen LogP contribution in [-0.4, -0.2) is 34.4 Å². The summed E-state index contributed by atoms with van der Waals surface area (Å²) < 4.78 is 0. The van der Waals surface area contributed by atoms with Crippen LogP contribution in [-0.2, 0) is 0 Å². The summed E-state index contributed by atoms with van der Waals surface area (Å²) in [5, 5.41) is 6.42. The van der Waals surface area contributed by atoms with E-state index in [0.29, 0.717) is 10.7 Å². The first-order valence-corrected chi connectivity index (χ1v) is 7.09. The highest BCUT2D eigenvalue weighted by Crippen LogP contribution is 2.23. The average molecular weight is 346 g/mol. The van der Waals surface area contributed by atoms with Crippen molar-refractivity contribution in [2.24, 2.45) is 4.99 Å². The van der Waals surface area contributed by atoms with Crippen molar-refractivity contribution in [2.45, 2.75) is 0 Å². The summed E-state index contributed by atoms with van der Waals surface area (Å²) in [5.41, 5.74) is 0.669. The molecule has 6 nitrogen and oxygen atoms in total. The summed E-state index contributed by atoms with van der Waals surface area (Å²) in [4.78, 5) is 15.2. The molecule has 1 aromatic carbocycles. The lowest BCUT2D eigenvalue weighted by atomic mass is 10.3. The number of anilines is 2. The van der Waals surface area contributed by atoms with Gasteiger partial charge in [0.25, 0.3) is 0 Å². The van der Waals surface area contributed by atoms with Gasteiger partial charge < -0.3 is 10.6 Å². The van der Waals surface area contributed by atoms with Crippen LogP contribution < -0.4 is 10.6 Å². The number of halogens is 3. The van der Waals surface area contributed by atoms with Gasteiger partial charge in [-0.25, -0.2) is 0 Å². The largest absolute Gasteiger partial charge is 0.375 e. The Labute approximate surface area is 136 Å². The molecule has 2 aromatic rings. The lowest BCUT2D eigenvalue weighted by Crippen LogP contribution is -2.04. The average Bonchev–Trinajstić information content (AvgIpc) is 2.99. The maximum absolute atomic E-state index is 5.95. The molecule has 0 radical (unpaired) electrons. The number of aromatic nitrogens is 3. The Bertz CT molecular complexity index is 608. The quantitative estimate of drug-likeness (QED) is 0.874. The summed E-state index contributed by atoms with van der Waals surface area (Å²) in [6.07, 6.45) is 1.74. The molecule has 0 saturated carbocycles. The maximum Gasteiger partial charge on any atom is 0.232 e. The van der Waals surface area contributed by atoms with Gasteiger partial charge in [-0.2, -0.15) is 15.0 Å². The second-order valence-corrected chi connectivity index (χ2v) is 4.87. The minimum atomic E-state index is 0.0227. The molecular formula is C12H11Cl3N6. The van der Waals surface area contributed by atoms with E-state index >= 15 is 0 Å². The van der Waals surface area contributed by atoms with Crippen molar-refractivity contribution in [3.8, 4) is 0 Å². The molecule has 21 heavy (non-hydrogen) atoms. The molecule has 0 fully saturated rings. The molecule has 2 N–H and O–H groups in total. The van der Waals surface area contributed by atoms with Crippen LogP contribution in [0.15, 0.2) is 29.3 Å². The van der Waals surface area contributed by atoms with E-state index in [1.54, 1.807) is 18.5 Å². The van der Waals surface area contributed by atoms with Crippen LogP contribution in [0.5, 0.6) is 0 Å². The van der Waals surface area contributed by atoms with E-state index in [1.165, 1.54) is 0 Å². The summed E-state index contributed by atoms with van der Waals surface area (Å²) >= 11 is 17.2. The molecular weight excluding hydrogens is 335 g/mol. The van der Waals surface area contributed by atoms with Gasteiger partial charge in [0.1, 0.15) is 0 Å². The van der Waals surface area contributed by atoms with E-state index in [9.17, 15) is 0 Å². The van der Waals surface area contributed by atoms with E-state index in [2.05, 4.69) is 30.6 Å². The zero-order valence-electron chi connectivity index (χ0n) is 10.7. The molecule has 1 aliphatic heterocycles. The second kappa shape index (κ2) is 7.97. The van der Waals surface area contributed by atoms with Gasteiger partial charge in [0.2, 0.25) is 16.5 Å². The summed E-state index contributed by atoms with van der Waals surface area (Å²) in [7, 11) is 0. The lowest BCUT2D eigenvalue weighted by molar-refractivity contribution is 0.965. The molecule has 0 atom stereocenters. The second-order valence-electron chi connectivity index (χ2n) is 3.79. The molecule has 0 saturated heterocycles. The predicted octanol–water partition coefficient (Wildman–Crippen LogP) is 3.19. The topological polar surface area (TPSA) is 75.1 Å². The zero-order chi connectivity index (χ0) is 15.1. The van der Waals surface area contributed by atoms with Gasteiger partial charge in [0, 0.05) is 6.54 Å². The van der Waals surface area contributed by atoms with Crippen molar-refractivity contribution in [3.05, 3.63) is 39.9 Å². The Kier molecular flexibility index (Phi) is 5.98. The third-order valence-electron chi connectivity index (χ3n) is 2.27. The Morgan fingerprint density at radius 2 is 1.71 bits per heavy atom. The smallest absolute Gasteiger partial charge is 0.232 e. The zero-order valence-corrected chi connectivity index (χ0v) is 13.0. The van der Waals surface area contributed by atoms with Crippen molar-refractivity contribution >= 4 is 52.8 Å². The van der Waals surface area contributed by atoms with E-state index in [0.717, 1.165) is 13.1 Å². The Balaban J connectivity index is 0.000000272. The molecule has 1 aromatic heterocycles. The number of nitrogens with zero attached hydrogens (tertiary/aromatic N) is 4. The van der Waals surface area contributed by atoms with Crippen molar-refractivity contribution in [3.63, 3.8) is 0 Å². The normalized spacial score (nSPS) is 12.3. The molecule has 0 aliphatic carbocycles. The van der Waals surface area contributed by atoms with Crippen LogP contribution in [0.25, 0.3) is 0 Å². The van der Waals surface area contributed by atoms with Crippen LogP contribution in [0, 0.1) is 0 Å². The SMILES string of the molecule is C1=NCCN1.Clc1nc(Cl)nc(Nc2ccccc2Cl)n1. The standard InChI is InChI=1S/C9H5Cl3N4.C3H6N2/c10-5-3-1-2-4-6(5)13-9-15-7(11)14-8(12)16-9;1-2-5-3-4-1/h1-4H,(H,13,14,15,16);3H,1-2H2,(H,4,5). The summed E-state index contributed by atoms with van der Waals surface area (Å²) in [5.74, 6) is 0.248. The minimum absolute atomic E-state index is 0.0227. The molecule has 0 spiro atoms. The third-order valence-corrected chi connectivity index (χ3v) is 2.94. The van der Waals surface area contributed by atoms with Gasteiger partial charge in [-0.3, -0.25) is 4.99 Å². The number of para-hydroxylation sites is 1. The fraction of sp³-hybridized carbons (Fsp3) is 0.167. The van der Waals surface area contributed by atoms with Gasteiger partial charge >= 0.3 is 0 Å². The van der Waals surface area contributed by atoms with Gasteiger partial charge in [-0.1, -0.05) is 23.7 Å². The third kappa shape index (κ3) is 5.34. The molecule has 2 heterocycles. The first kappa shape index (κ1) is 15.8. The Morgan fingerprint density at radius 3 is 2.24 bits per heavy atom. The number of aliphatic imine (C=N–C) groups is 1. The predicted molar refractivity (Wildman–Crippen MR) is 85.9 cm³/mol. The summed E-state index contributed by atoms with van der Waals surface area (Å²) in [6, 6.07) is 7.18. The van der Waals surface area contributed by atoms with E-state index in [1.807, 2.05) is 12.1 Å².